The van der Waals surface area contributed by atoms with E-state index < -0.39 is 0 Å². The topological polar surface area (TPSA) is 71.1 Å². The summed E-state index contributed by atoms with van der Waals surface area (Å²) in [6, 6.07) is 0. The Bertz CT molecular complexity index is 631. The van der Waals surface area contributed by atoms with Gasteiger partial charge in [0, 0.05) is 23.7 Å². The van der Waals surface area contributed by atoms with Crippen LogP contribution in [0.2, 0.25) is 0 Å². The molecule has 5 fully saturated rings. The first kappa shape index (κ1) is 21.5. The predicted octanol–water partition coefficient (Wildman–Crippen LogP) is 3.93. The van der Waals surface area contributed by atoms with Crippen molar-refractivity contribution in [2.75, 3.05) is 26.4 Å². The van der Waals surface area contributed by atoms with E-state index in [1.807, 2.05) is 0 Å². The summed E-state index contributed by atoms with van der Waals surface area (Å²) in [6.07, 6.45) is 9.77. The largest absolute Gasteiger partial charge is 0.373 e. The number of fused-ring (bicyclic) bond motifs is 4. The van der Waals surface area contributed by atoms with Crippen LogP contribution in [0.4, 0.5) is 0 Å². The highest BCUT2D eigenvalue weighted by Gasteiger charge is 2.69. The van der Waals surface area contributed by atoms with Gasteiger partial charge >= 0.3 is 6.15 Å². The SMILES string of the molecule is CCC[C@]1(C)[C@H]2CC[C@@]3(C)[C@@H](CCC34OCCO4)[C@@H]2CCC12OCCO2.O=C=O. The monoisotopic (exact) mass is 408 g/mol. The highest BCUT2D eigenvalue weighted by atomic mass is 16.7. The van der Waals surface area contributed by atoms with Crippen LogP contribution in [0, 0.1) is 28.6 Å². The lowest BCUT2D eigenvalue weighted by atomic mass is 9.47. The van der Waals surface area contributed by atoms with Gasteiger partial charge in [0.05, 0.1) is 26.4 Å². The third kappa shape index (κ3) is 2.90. The Labute approximate surface area is 174 Å². The summed E-state index contributed by atoms with van der Waals surface area (Å²) in [4.78, 5) is 16.2. The molecule has 3 saturated carbocycles. The molecule has 0 aromatic rings. The molecule has 0 aromatic carbocycles. The van der Waals surface area contributed by atoms with Gasteiger partial charge in [0.25, 0.3) is 0 Å². The van der Waals surface area contributed by atoms with Crippen LogP contribution in [0.25, 0.3) is 0 Å². The van der Waals surface area contributed by atoms with Crippen molar-refractivity contribution >= 4 is 6.15 Å². The molecule has 2 spiro atoms. The van der Waals surface area contributed by atoms with Crippen LogP contribution in [0.5, 0.6) is 0 Å². The van der Waals surface area contributed by atoms with Crippen LogP contribution in [-0.2, 0) is 28.5 Å². The molecule has 0 amide bonds. The molecule has 5 aliphatic rings. The van der Waals surface area contributed by atoms with Crippen LogP contribution in [0.3, 0.4) is 0 Å². The highest BCUT2D eigenvalue weighted by Crippen LogP contribution is 2.69. The van der Waals surface area contributed by atoms with E-state index in [2.05, 4.69) is 20.8 Å². The number of ether oxygens (including phenoxy) is 4. The molecule has 2 aliphatic heterocycles. The van der Waals surface area contributed by atoms with E-state index in [9.17, 15) is 0 Å². The lowest BCUT2D eigenvalue weighted by Gasteiger charge is -2.61. The number of hydrogen-bond donors (Lipinski definition) is 0. The second-order valence-corrected chi connectivity index (χ2v) is 10.1. The van der Waals surface area contributed by atoms with Crippen LogP contribution in [-0.4, -0.2) is 44.2 Å². The molecular formula is C23H36O6. The van der Waals surface area contributed by atoms with Crippen molar-refractivity contribution < 1.29 is 28.5 Å². The van der Waals surface area contributed by atoms with Crippen molar-refractivity contribution in [2.45, 2.75) is 83.7 Å². The summed E-state index contributed by atoms with van der Waals surface area (Å²) in [5.74, 6) is 1.56. The maximum atomic E-state index is 8.12. The zero-order valence-corrected chi connectivity index (χ0v) is 18.2. The fraction of sp³-hybridized carbons (Fsp3) is 0.957. The predicted molar refractivity (Wildman–Crippen MR) is 104 cm³/mol. The van der Waals surface area contributed by atoms with Gasteiger partial charge < -0.3 is 18.9 Å². The third-order valence-corrected chi connectivity index (χ3v) is 9.25. The molecule has 6 nitrogen and oxygen atoms in total. The van der Waals surface area contributed by atoms with Crippen molar-refractivity contribution in [3.8, 4) is 0 Å². The first-order valence-electron chi connectivity index (χ1n) is 11.5. The summed E-state index contributed by atoms with van der Waals surface area (Å²) >= 11 is 0. The van der Waals surface area contributed by atoms with Crippen molar-refractivity contribution in [1.82, 2.24) is 0 Å². The smallest absolute Gasteiger partial charge is 0.347 e. The summed E-state index contributed by atoms with van der Waals surface area (Å²) in [6.45, 7) is 10.3. The van der Waals surface area contributed by atoms with E-state index in [-0.39, 0.29) is 28.6 Å². The molecule has 0 radical (unpaired) electrons. The molecule has 5 atom stereocenters. The van der Waals surface area contributed by atoms with E-state index in [1.165, 1.54) is 38.5 Å². The molecule has 3 aliphatic carbocycles. The van der Waals surface area contributed by atoms with Gasteiger partial charge in [-0.15, -0.1) is 0 Å². The molecule has 6 heteroatoms. The Morgan fingerprint density at radius 1 is 0.793 bits per heavy atom. The number of rotatable bonds is 2. The molecule has 0 unspecified atom stereocenters. The molecule has 0 bridgehead atoms. The fourth-order valence-corrected chi connectivity index (χ4v) is 8.12. The molecular weight excluding hydrogens is 372 g/mol. The first-order chi connectivity index (χ1) is 13.9. The summed E-state index contributed by atoms with van der Waals surface area (Å²) < 4.78 is 25.3. The molecule has 0 N–H and O–H groups in total. The summed E-state index contributed by atoms with van der Waals surface area (Å²) in [7, 11) is 0. The quantitative estimate of drug-likeness (QED) is 0.689. The van der Waals surface area contributed by atoms with E-state index in [0.717, 1.165) is 45.2 Å². The van der Waals surface area contributed by atoms with Crippen LogP contribution in [0.1, 0.15) is 72.1 Å². The van der Waals surface area contributed by atoms with Crippen LogP contribution in [0.15, 0.2) is 0 Å². The van der Waals surface area contributed by atoms with Gasteiger partial charge in [0.15, 0.2) is 11.6 Å². The van der Waals surface area contributed by atoms with E-state index in [1.54, 1.807) is 0 Å². The highest BCUT2D eigenvalue weighted by molar-refractivity contribution is 5.20. The maximum Gasteiger partial charge on any atom is 0.373 e. The van der Waals surface area contributed by atoms with E-state index in [4.69, 9.17) is 28.5 Å². The van der Waals surface area contributed by atoms with Gasteiger partial charge in [0.1, 0.15) is 0 Å². The lowest BCUT2D eigenvalue weighted by Crippen LogP contribution is -2.62. The lowest BCUT2D eigenvalue weighted by molar-refractivity contribution is -0.302. The molecule has 2 heterocycles. The Hall–Kier alpha value is -0.780. The van der Waals surface area contributed by atoms with Crippen molar-refractivity contribution in [3.63, 3.8) is 0 Å². The Kier molecular flexibility index (Phi) is 5.71. The second kappa shape index (κ2) is 7.72. The van der Waals surface area contributed by atoms with Gasteiger partial charge in [-0.25, -0.2) is 0 Å². The molecule has 2 saturated heterocycles. The van der Waals surface area contributed by atoms with Gasteiger partial charge in [0.2, 0.25) is 0 Å². The minimum Gasteiger partial charge on any atom is -0.347 e. The van der Waals surface area contributed by atoms with Crippen LogP contribution < -0.4 is 0 Å². The molecule has 5 rings (SSSR count). The van der Waals surface area contributed by atoms with Gasteiger partial charge in [-0.3, -0.25) is 0 Å². The molecule has 164 valence electrons. The van der Waals surface area contributed by atoms with Gasteiger partial charge in [-0.1, -0.05) is 27.2 Å². The second-order valence-electron chi connectivity index (χ2n) is 10.1. The maximum absolute atomic E-state index is 8.12. The Morgan fingerprint density at radius 2 is 1.31 bits per heavy atom. The van der Waals surface area contributed by atoms with Crippen LogP contribution >= 0.6 is 0 Å². The minimum atomic E-state index is -0.325. The standard InChI is InChI=1S/C22H36O4.CO2/c1-4-8-19(2)17-6-9-20(3)18(7-11-22(20)25-14-15-26-22)16(17)5-10-21(19)23-12-13-24-21;2-1-3/h16-18H,4-15H2,1-3H3;/t16-,17+,18+,19-,20+;/m1./s1. The van der Waals surface area contributed by atoms with Crippen molar-refractivity contribution in [2.24, 2.45) is 28.6 Å². The summed E-state index contributed by atoms with van der Waals surface area (Å²) in [5.41, 5.74) is 0.315. The Balaban J connectivity index is 0.000000645. The zero-order chi connectivity index (χ0) is 20.8. The minimum absolute atomic E-state index is 0.135. The van der Waals surface area contributed by atoms with Crippen molar-refractivity contribution in [3.05, 3.63) is 0 Å². The molecule has 0 aromatic heterocycles. The molecule has 29 heavy (non-hydrogen) atoms. The normalized spacial score (nSPS) is 44.0. The summed E-state index contributed by atoms with van der Waals surface area (Å²) in [5, 5.41) is 0. The zero-order valence-electron chi connectivity index (χ0n) is 18.2. The third-order valence-electron chi connectivity index (χ3n) is 9.25. The van der Waals surface area contributed by atoms with Crippen molar-refractivity contribution in [1.29, 1.82) is 0 Å². The van der Waals surface area contributed by atoms with E-state index in [0.29, 0.717) is 11.8 Å². The average Bonchev–Trinajstić information content (AvgIpc) is 3.42. The fourth-order valence-electron chi connectivity index (χ4n) is 8.12. The van der Waals surface area contributed by atoms with Gasteiger partial charge in [-0.2, -0.15) is 9.59 Å². The Morgan fingerprint density at radius 3 is 1.90 bits per heavy atom. The number of carbonyl (C=O) groups excluding carboxylic acids is 2. The number of hydrogen-bond acceptors (Lipinski definition) is 6. The van der Waals surface area contributed by atoms with Gasteiger partial charge in [-0.05, 0) is 49.9 Å². The first-order valence-corrected chi connectivity index (χ1v) is 11.5. The average molecular weight is 409 g/mol. The van der Waals surface area contributed by atoms with E-state index >= 15 is 0 Å².